The Hall–Kier alpha value is 0.140. The van der Waals surface area contributed by atoms with Crippen LogP contribution < -0.4 is 5.32 Å². The minimum atomic E-state index is 0.477. The first-order valence-electron chi connectivity index (χ1n) is 8.27. The first-order valence-corrected chi connectivity index (χ1v) is 9.95. The van der Waals surface area contributed by atoms with Crippen LogP contribution in [0.2, 0.25) is 0 Å². The smallest absolute Gasteiger partial charge is 0.0481 e. The molecule has 5 rings (SSSR count). The summed E-state index contributed by atoms with van der Waals surface area (Å²) in [6, 6.07) is 2.74. The minimum absolute atomic E-state index is 0.477. The molecular formula is C18H26BrNS. The van der Waals surface area contributed by atoms with Gasteiger partial charge in [0.05, 0.1) is 0 Å². The van der Waals surface area contributed by atoms with Crippen LogP contribution in [0.1, 0.15) is 63.3 Å². The molecular weight excluding hydrogens is 342 g/mol. The lowest BCUT2D eigenvalue weighted by Gasteiger charge is -2.67. The molecule has 116 valence electrons. The van der Waals surface area contributed by atoms with Crippen LogP contribution in [-0.2, 0) is 0 Å². The molecule has 4 aliphatic rings. The lowest BCUT2D eigenvalue weighted by molar-refractivity contribution is -0.157. The van der Waals surface area contributed by atoms with Gasteiger partial charge in [0.15, 0.2) is 0 Å². The van der Waals surface area contributed by atoms with E-state index in [1.165, 1.54) is 47.9 Å². The Labute approximate surface area is 141 Å². The first kappa shape index (κ1) is 14.7. The molecule has 1 N–H and O–H groups in total. The summed E-state index contributed by atoms with van der Waals surface area (Å²) in [6.45, 7) is 5.14. The van der Waals surface area contributed by atoms with Crippen molar-refractivity contribution in [1.82, 2.24) is 5.32 Å². The zero-order valence-corrected chi connectivity index (χ0v) is 15.7. The highest BCUT2D eigenvalue weighted by Gasteiger charge is 2.62. The number of rotatable bonds is 3. The van der Waals surface area contributed by atoms with E-state index in [2.05, 4.69) is 53.6 Å². The molecule has 1 aromatic heterocycles. The largest absolute Gasteiger partial charge is 0.312 e. The fourth-order valence-corrected chi connectivity index (χ4v) is 8.94. The maximum atomic E-state index is 3.78. The van der Waals surface area contributed by atoms with Crippen LogP contribution in [0.25, 0.3) is 0 Å². The summed E-state index contributed by atoms with van der Waals surface area (Å²) in [5, 5.41) is 5.95. The Balaban J connectivity index is 1.78. The third-order valence-corrected chi connectivity index (χ3v) is 8.41. The predicted molar refractivity (Wildman–Crippen MR) is 93.7 cm³/mol. The molecule has 4 fully saturated rings. The second kappa shape index (κ2) is 4.58. The van der Waals surface area contributed by atoms with Crippen molar-refractivity contribution in [2.45, 2.75) is 58.4 Å². The fraction of sp³-hybridized carbons (Fsp3) is 0.778. The number of halogens is 1. The van der Waals surface area contributed by atoms with Gasteiger partial charge < -0.3 is 5.32 Å². The van der Waals surface area contributed by atoms with Crippen LogP contribution in [0.5, 0.6) is 0 Å². The topological polar surface area (TPSA) is 12.0 Å². The van der Waals surface area contributed by atoms with Gasteiger partial charge >= 0.3 is 0 Å². The van der Waals surface area contributed by atoms with Crippen molar-refractivity contribution >= 4 is 27.3 Å². The zero-order valence-electron chi connectivity index (χ0n) is 13.3. The van der Waals surface area contributed by atoms with E-state index < -0.39 is 0 Å². The van der Waals surface area contributed by atoms with E-state index in [9.17, 15) is 0 Å². The summed E-state index contributed by atoms with van der Waals surface area (Å²) in [5.41, 5.74) is 1.66. The van der Waals surface area contributed by atoms with Crippen molar-refractivity contribution in [3.8, 4) is 0 Å². The fourth-order valence-electron chi connectivity index (χ4n) is 7.08. The van der Waals surface area contributed by atoms with Gasteiger partial charge in [0.25, 0.3) is 0 Å². The molecule has 3 heteroatoms. The molecule has 0 amide bonds. The number of hydrogen-bond donors (Lipinski definition) is 1. The van der Waals surface area contributed by atoms with Crippen molar-refractivity contribution in [3.05, 3.63) is 20.8 Å². The predicted octanol–water partition coefficient (Wildman–Crippen LogP) is 5.77. The highest BCUT2D eigenvalue weighted by atomic mass is 79.9. The first-order chi connectivity index (χ1) is 9.87. The van der Waals surface area contributed by atoms with E-state index in [0.717, 1.165) is 5.92 Å². The molecule has 0 saturated heterocycles. The van der Waals surface area contributed by atoms with Gasteiger partial charge in [-0.15, -0.1) is 11.3 Å². The Morgan fingerprint density at radius 2 is 1.86 bits per heavy atom. The summed E-state index contributed by atoms with van der Waals surface area (Å²) >= 11 is 5.70. The molecule has 4 bridgehead atoms. The van der Waals surface area contributed by atoms with Gasteiger partial charge in [-0.25, -0.2) is 0 Å². The van der Waals surface area contributed by atoms with Gasteiger partial charge in [-0.2, -0.15) is 0 Å². The van der Waals surface area contributed by atoms with E-state index in [0.29, 0.717) is 22.3 Å². The van der Waals surface area contributed by atoms with Crippen molar-refractivity contribution in [1.29, 1.82) is 0 Å². The van der Waals surface area contributed by atoms with Gasteiger partial charge in [-0.05, 0) is 95.1 Å². The molecule has 21 heavy (non-hydrogen) atoms. The van der Waals surface area contributed by atoms with Gasteiger partial charge in [0.1, 0.15) is 0 Å². The lowest BCUT2D eigenvalue weighted by Crippen LogP contribution is -2.58. The maximum absolute atomic E-state index is 3.78. The molecule has 0 spiro atoms. The lowest BCUT2D eigenvalue weighted by atomic mass is 9.39. The zero-order chi connectivity index (χ0) is 14.9. The Morgan fingerprint density at radius 3 is 2.33 bits per heavy atom. The molecule has 1 aromatic rings. The van der Waals surface area contributed by atoms with E-state index >= 15 is 0 Å². The second-order valence-corrected chi connectivity index (χ2v) is 10.6. The van der Waals surface area contributed by atoms with E-state index in [4.69, 9.17) is 0 Å². The van der Waals surface area contributed by atoms with Crippen LogP contribution in [-0.4, -0.2) is 7.05 Å². The van der Waals surface area contributed by atoms with Gasteiger partial charge in [0.2, 0.25) is 0 Å². The molecule has 1 heterocycles. The third-order valence-electron chi connectivity index (χ3n) is 6.48. The molecule has 4 aliphatic carbocycles. The van der Waals surface area contributed by atoms with E-state index in [1.807, 2.05) is 11.3 Å². The van der Waals surface area contributed by atoms with Crippen molar-refractivity contribution in [2.75, 3.05) is 7.05 Å². The monoisotopic (exact) mass is 367 g/mol. The number of thiophene rings is 1. The van der Waals surface area contributed by atoms with Crippen molar-refractivity contribution in [3.63, 3.8) is 0 Å². The molecule has 0 radical (unpaired) electrons. The number of nitrogens with one attached hydrogen (secondary N) is 1. The SMILES string of the molecule is CNC(c1sccc1Br)C12CC3CC(C)(CC(C)(C3)C1)C2. The van der Waals surface area contributed by atoms with E-state index in [1.54, 1.807) is 0 Å². The highest BCUT2D eigenvalue weighted by Crippen LogP contribution is 2.72. The standard InChI is InChI=1S/C18H26BrNS/c1-16-6-12-7-17(2,9-16)11-18(8-12,10-16)15(20-3)14-13(19)4-5-21-14/h4-5,12,15,20H,6-11H2,1-3H3. The summed E-state index contributed by atoms with van der Waals surface area (Å²) in [5.74, 6) is 0.964. The quantitative estimate of drug-likeness (QED) is 0.714. The van der Waals surface area contributed by atoms with Crippen LogP contribution in [0.15, 0.2) is 15.9 Å². The third kappa shape index (κ3) is 2.18. The summed E-state index contributed by atoms with van der Waals surface area (Å²) in [7, 11) is 2.17. The number of hydrogen-bond acceptors (Lipinski definition) is 2. The average Bonchev–Trinajstić information content (AvgIpc) is 2.71. The van der Waals surface area contributed by atoms with Gasteiger partial charge in [-0.1, -0.05) is 13.8 Å². The molecule has 3 atom stereocenters. The molecule has 0 aromatic carbocycles. The van der Waals surface area contributed by atoms with Crippen molar-refractivity contribution < 1.29 is 0 Å². The Kier molecular flexibility index (Phi) is 3.21. The molecule has 3 unspecified atom stereocenters. The van der Waals surface area contributed by atoms with Crippen molar-refractivity contribution in [2.24, 2.45) is 22.2 Å². The van der Waals surface area contributed by atoms with Gasteiger partial charge in [-0.3, -0.25) is 0 Å². The van der Waals surface area contributed by atoms with Crippen LogP contribution in [0.4, 0.5) is 0 Å². The second-order valence-electron chi connectivity index (χ2n) is 8.85. The molecule has 0 aliphatic heterocycles. The average molecular weight is 368 g/mol. The molecule has 1 nitrogen and oxygen atoms in total. The van der Waals surface area contributed by atoms with Crippen LogP contribution >= 0.6 is 27.3 Å². The Bertz CT molecular complexity index is 547. The minimum Gasteiger partial charge on any atom is -0.312 e. The van der Waals surface area contributed by atoms with Crippen LogP contribution in [0.3, 0.4) is 0 Å². The maximum Gasteiger partial charge on any atom is 0.0481 e. The highest BCUT2D eigenvalue weighted by molar-refractivity contribution is 9.10. The molecule has 4 saturated carbocycles. The van der Waals surface area contributed by atoms with E-state index in [-0.39, 0.29) is 0 Å². The van der Waals surface area contributed by atoms with Gasteiger partial charge in [0, 0.05) is 15.4 Å². The Morgan fingerprint density at radius 1 is 1.19 bits per heavy atom. The normalized spacial score (nSPS) is 46.0. The summed E-state index contributed by atoms with van der Waals surface area (Å²) in [4.78, 5) is 1.52. The summed E-state index contributed by atoms with van der Waals surface area (Å²) < 4.78 is 1.30. The summed E-state index contributed by atoms with van der Waals surface area (Å²) in [6.07, 6.45) is 8.69. The van der Waals surface area contributed by atoms with Crippen LogP contribution in [0, 0.1) is 22.2 Å².